The maximum absolute atomic E-state index is 4.04. The molecule has 3 fully saturated rings. The second-order valence-electron chi connectivity index (χ2n) is 8.09. The van der Waals surface area contributed by atoms with Crippen LogP contribution in [0, 0.1) is 11.8 Å². The van der Waals surface area contributed by atoms with E-state index in [1.54, 1.807) is 0 Å². The van der Waals surface area contributed by atoms with Crippen LogP contribution in [0.25, 0.3) is 0 Å². The van der Waals surface area contributed by atoms with Gasteiger partial charge in [0.2, 0.25) is 0 Å². The van der Waals surface area contributed by atoms with E-state index in [-0.39, 0.29) is 0 Å². The lowest BCUT2D eigenvalue weighted by molar-refractivity contribution is 0.0433. The molecule has 1 saturated carbocycles. The molecule has 0 radical (unpaired) electrons. The predicted octanol–water partition coefficient (Wildman–Crippen LogP) is 3.81. The van der Waals surface area contributed by atoms with Gasteiger partial charge in [0, 0.05) is 24.2 Å². The van der Waals surface area contributed by atoms with Gasteiger partial charge in [-0.15, -0.1) is 0 Å². The molecule has 2 heteroatoms. The second kappa shape index (κ2) is 6.36. The summed E-state index contributed by atoms with van der Waals surface area (Å²) in [6.07, 6.45) is 12.9. The van der Waals surface area contributed by atoms with E-state index >= 15 is 0 Å². The van der Waals surface area contributed by atoms with Crippen molar-refractivity contribution in [3.63, 3.8) is 0 Å². The summed E-state index contributed by atoms with van der Waals surface area (Å²) in [6, 6.07) is 3.36. The van der Waals surface area contributed by atoms with Crippen LogP contribution in [0.15, 0.2) is 0 Å². The molecular weight excluding hydrogens is 244 g/mol. The summed E-state index contributed by atoms with van der Waals surface area (Å²) in [7, 11) is 2.36. The molecule has 2 bridgehead atoms. The number of hydrogen-bond donors (Lipinski definition) is 1. The largest absolute Gasteiger partial charge is 0.311 e. The molecule has 0 aromatic heterocycles. The molecule has 2 unspecified atom stereocenters. The van der Waals surface area contributed by atoms with Gasteiger partial charge in [0.1, 0.15) is 0 Å². The van der Waals surface area contributed by atoms with Crippen molar-refractivity contribution in [2.75, 3.05) is 7.05 Å². The van der Waals surface area contributed by atoms with Crippen LogP contribution in [-0.2, 0) is 0 Å². The smallest absolute Gasteiger partial charge is 0.0110 e. The highest BCUT2D eigenvalue weighted by Gasteiger charge is 2.36. The number of fused-ring (bicyclic) bond motifs is 2. The van der Waals surface area contributed by atoms with Crippen molar-refractivity contribution in [2.45, 2.75) is 95.8 Å². The van der Waals surface area contributed by atoms with Gasteiger partial charge in [0.05, 0.1) is 0 Å². The fraction of sp³-hybridized carbons (Fsp3) is 1.00. The number of nitrogens with zero attached hydrogens (tertiary/aromatic N) is 1. The first-order valence-electron chi connectivity index (χ1n) is 9.11. The molecule has 2 saturated heterocycles. The summed E-state index contributed by atoms with van der Waals surface area (Å²) in [5, 5.41) is 4.04. The zero-order valence-electron chi connectivity index (χ0n) is 13.8. The van der Waals surface area contributed by atoms with Crippen LogP contribution in [-0.4, -0.2) is 36.1 Å². The van der Waals surface area contributed by atoms with E-state index in [1.165, 1.54) is 57.8 Å². The van der Waals surface area contributed by atoms with Gasteiger partial charge in [-0.3, -0.25) is 0 Å². The Morgan fingerprint density at radius 2 is 1.45 bits per heavy atom. The van der Waals surface area contributed by atoms with Gasteiger partial charge in [-0.2, -0.15) is 0 Å². The molecule has 20 heavy (non-hydrogen) atoms. The van der Waals surface area contributed by atoms with Gasteiger partial charge < -0.3 is 10.2 Å². The normalized spacial score (nSPS) is 42.9. The SMILES string of the molecule is CC(C)C1CCC(NC2CC3CCCC(C2)N3C)CC1. The molecule has 2 heterocycles. The van der Waals surface area contributed by atoms with E-state index in [0.29, 0.717) is 0 Å². The lowest BCUT2D eigenvalue weighted by Crippen LogP contribution is -2.56. The number of rotatable bonds is 3. The van der Waals surface area contributed by atoms with Crippen LogP contribution in [0.5, 0.6) is 0 Å². The van der Waals surface area contributed by atoms with Gasteiger partial charge in [-0.05, 0) is 70.3 Å². The Balaban J connectivity index is 1.47. The average molecular weight is 278 g/mol. The fourth-order valence-corrected chi connectivity index (χ4v) is 5.04. The van der Waals surface area contributed by atoms with Gasteiger partial charge in [-0.1, -0.05) is 20.3 Å². The van der Waals surface area contributed by atoms with Gasteiger partial charge in [-0.25, -0.2) is 0 Å². The van der Waals surface area contributed by atoms with Crippen LogP contribution < -0.4 is 5.32 Å². The summed E-state index contributed by atoms with van der Waals surface area (Å²) in [4.78, 5) is 2.68. The molecule has 2 nitrogen and oxygen atoms in total. The van der Waals surface area contributed by atoms with Crippen LogP contribution in [0.2, 0.25) is 0 Å². The molecule has 116 valence electrons. The Morgan fingerprint density at radius 1 is 0.850 bits per heavy atom. The van der Waals surface area contributed by atoms with Crippen molar-refractivity contribution in [3.8, 4) is 0 Å². The van der Waals surface area contributed by atoms with E-state index in [9.17, 15) is 0 Å². The molecule has 3 aliphatic rings. The molecule has 1 N–H and O–H groups in total. The maximum atomic E-state index is 4.04. The molecule has 1 aliphatic carbocycles. The highest BCUT2D eigenvalue weighted by molar-refractivity contribution is 4.95. The predicted molar refractivity (Wildman–Crippen MR) is 85.9 cm³/mol. The Kier molecular flexibility index (Phi) is 4.72. The minimum Gasteiger partial charge on any atom is -0.311 e. The van der Waals surface area contributed by atoms with Gasteiger partial charge in [0.15, 0.2) is 0 Å². The van der Waals surface area contributed by atoms with Crippen molar-refractivity contribution in [1.29, 1.82) is 0 Å². The molecule has 0 aromatic rings. The standard InChI is InChI=1S/C18H34N2/c1-13(2)14-7-9-15(10-8-14)19-16-11-17-5-4-6-18(12-16)20(17)3/h13-19H,4-12H2,1-3H3. The van der Waals surface area contributed by atoms with E-state index in [2.05, 4.69) is 31.1 Å². The molecule has 2 atom stereocenters. The topological polar surface area (TPSA) is 15.3 Å². The lowest BCUT2D eigenvalue weighted by Gasteiger charge is -2.48. The highest BCUT2D eigenvalue weighted by atomic mass is 15.2. The number of hydrogen-bond acceptors (Lipinski definition) is 2. The fourth-order valence-electron chi connectivity index (χ4n) is 5.04. The maximum Gasteiger partial charge on any atom is 0.0110 e. The van der Waals surface area contributed by atoms with Gasteiger partial charge in [0.25, 0.3) is 0 Å². The lowest BCUT2D eigenvalue weighted by atomic mass is 9.78. The van der Waals surface area contributed by atoms with E-state index in [1.807, 2.05) is 0 Å². The minimum atomic E-state index is 0.807. The Morgan fingerprint density at radius 3 is 2.00 bits per heavy atom. The van der Waals surface area contributed by atoms with E-state index in [4.69, 9.17) is 0 Å². The Bertz CT molecular complexity index is 293. The van der Waals surface area contributed by atoms with Crippen LogP contribution in [0.4, 0.5) is 0 Å². The average Bonchev–Trinajstić information content (AvgIpc) is 2.40. The third-order valence-electron chi connectivity index (χ3n) is 6.53. The monoisotopic (exact) mass is 278 g/mol. The van der Waals surface area contributed by atoms with Crippen molar-refractivity contribution < 1.29 is 0 Å². The molecule has 3 rings (SSSR count). The number of piperidine rings is 2. The van der Waals surface area contributed by atoms with E-state index in [0.717, 1.165) is 36.0 Å². The summed E-state index contributed by atoms with van der Waals surface area (Å²) in [6.45, 7) is 4.80. The van der Waals surface area contributed by atoms with Crippen LogP contribution in [0.3, 0.4) is 0 Å². The zero-order chi connectivity index (χ0) is 14.1. The summed E-state index contributed by atoms with van der Waals surface area (Å²) in [5.41, 5.74) is 0. The van der Waals surface area contributed by atoms with Crippen molar-refractivity contribution in [3.05, 3.63) is 0 Å². The quantitative estimate of drug-likeness (QED) is 0.844. The van der Waals surface area contributed by atoms with Crippen molar-refractivity contribution in [1.82, 2.24) is 10.2 Å². The highest BCUT2D eigenvalue weighted by Crippen LogP contribution is 2.34. The first kappa shape index (κ1) is 14.8. The molecule has 0 aromatic carbocycles. The number of nitrogens with one attached hydrogen (secondary N) is 1. The van der Waals surface area contributed by atoms with Gasteiger partial charge >= 0.3 is 0 Å². The van der Waals surface area contributed by atoms with Crippen LogP contribution >= 0.6 is 0 Å². The summed E-state index contributed by atoms with van der Waals surface area (Å²) < 4.78 is 0. The Labute approximate surface area is 125 Å². The summed E-state index contributed by atoms with van der Waals surface area (Å²) >= 11 is 0. The zero-order valence-corrected chi connectivity index (χ0v) is 13.8. The third kappa shape index (κ3) is 3.22. The summed E-state index contributed by atoms with van der Waals surface area (Å²) in [5.74, 6) is 1.88. The first-order chi connectivity index (χ1) is 9.63. The molecular formula is C18H34N2. The third-order valence-corrected chi connectivity index (χ3v) is 6.53. The van der Waals surface area contributed by atoms with Crippen LogP contribution in [0.1, 0.15) is 71.6 Å². The van der Waals surface area contributed by atoms with Crippen molar-refractivity contribution in [2.24, 2.45) is 11.8 Å². The molecule has 0 spiro atoms. The molecule has 0 amide bonds. The van der Waals surface area contributed by atoms with E-state index < -0.39 is 0 Å². The second-order valence-corrected chi connectivity index (χ2v) is 8.09. The first-order valence-corrected chi connectivity index (χ1v) is 9.11. The van der Waals surface area contributed by atoms with Crippen molar-refractivity contribution >= 4 is 0 Å². The molecule has 2 aliphatic heterocycles. The minimum absolute atomic E-state index is 0.807. The Hall–Kier alpha value is -0.0800.